The lowest BCUT2D eigenvalue weighted by Gasteiger charge is -2.34. The van der Waals surface area contributed by atoms with Gasteiger partial charge in [0.05, 0.1) is 12.6 Å². The van der Waals surface area contributed by atoms with Crippen molar-refractivity contribution in [1.82, 2.24) is 15.1 Å². The first-order valence-electron chi connectivity index (χ1n) is 5.69. The molecule has 5 nitrogen and oxygen atoms in total. The van der Waals surface area contributed by atoms with Crippen LogP contribution in [0.5, 0.6) is 0 Å². The maximum Gasteiger partial charge on any atom is 0.247 e. The van der Waals surface area contributed by atoms with Crippen LogP contribution >= 0.6 is 0 Å². The van der Waals surface area contributed by atoms with Crippen molar-refractivity contribution in [3.05, 3.63) is 36.0 Å². The van der Waals surface area contributed by atoms with E-state index in [2.05, 4.69) is 10.2 Å². The van der Waals surface area contributed by atoms with Crippen LogP contribution in [0.15, 0.2) is 28.7 Å². The molecular weight excluding hydrogens is 237 g/mol. The van der Waals surface area contributed by atoms with Crippen molar-refractivity contribution in [1.29, 1.82) is 0 Å². The number of halogens is 1. The van der Waals surface area contributed by atoms with E-state index >= 15 is 0 Å². The number of benzene rings is 1. The molecule has 18 heavy (non-hydrogen) atoms. The minimum Gasteiger partial charge on any atom is -0.419 e. The number of β-amino-alcohol motifs (C(OH)–C–C–N with tert-alkyl or cyclic N) is 1. The Kier molecular flexibility index (Phi) is 2.81. The number of hydrogen-bond donors (Lipinski definition) is 1. The number of rotatable bonds is 3. The summed E-state index contributed by atoms with van der Waals surface area (Å²) in [4.78, 5) is 2.01. The molecule has 2 aromatic rings. The van der Waals surface area contributed by atoms with Crippen LogP contribution < -0.4 is 0 Å². The van der Waals surface area contributed by atoms with Crippen molar-refractivity contribution in [3.8, 4) is 11.5 Å². The zero-order chi connectivity index (χ0) is 12.5. The van der Waals surface area contributed by atoms with E-state index in [1.165, 1.54) is 12.1 Å². The summed E-state index contributed by atoms with van der Waals surface area (Å²) in [6.45, 7) is 1.80. The number of hydrogen-bond acceptors (Lipinski definition) is 5. The Balaban J connectivity index is 1.71. The van der Waals surface area contributed by atoms with Crippen LogP contribution in [0.1, 0.15) is 5.89 Å². The Morgan fingerprint density at radius 3 is 2.67 bits per heavy atom. The van der Waals surface area contributed by atoms with Gasteiger partial charge in [-0.1, -0.05) is 0 Å². The number of aromatic nitrogens is 2. The fraction of sp³-hybridized carbons (Fsp3) is 0.333. The van der Waals surface area contributed by atoms with Gasteiger partial charge in [0.2, 0.25) is 11.8 Å². The lowest BCUT2D eigenvalue weighted by molar-refractivity contribution is -0.00712. The van der Waals surface area contributed by atoms with E-state index in [0.717, 1.165) is 0 Å². The Hall–Kier alpha value is -1.79. The van der Waals surface area contributed by atoms with Crippen molar-refractivity contribution in [2.24, 2.45) is 0 Å². The summed E-state index contributed by atoms with van der Waals surface area (Å²) >= 11 is 0. The highest BCUT2D eigenvalue weighted by molar-refractivity contribution is 5.51. The van der Waals surface area contributed by atoms with Crippen LogP contribution in [0.25, 0.3) is 11.5 Å². The summed E-state index contributed by atoms with van der Waals surface area (Å²) in [5, 5.41) is 17.0. The van der Waals surface area contributed by atoms with Crippen LogP contribution in [0.4, 0.5) is 4.39 Å². The molecular formula is C12H12FN3O2. The van der Waals surface area contributed by atoms with E-state index in [1.807, 2.05) is 4.90 Å². The molecule has 6 heteroatoms. The van der Waals surface area contributed by atoms with E-state index in [-0.39, 0.29) is 11.9 Å². The quantitative estimate of drug-likeness (QED) is 0.881. The third kappa shape index (κ3) is 2.25. The van der Waals surface area contributed by atoms with E-state index in [0.29, 0.717) is 37.0 Å². The molecule has 1 saturated heterocycles. The first-order chi connectivity index (χ1) is 8.70. The summed E-state index contributed by atoms with van der Waals surface area (Å²) in [5.41, 5.74) is 0.693. The highest BCUT2D eigenvalue weighted by Crippen LogP contribution is 2.19. The molecule has 0 unspecified atom stereocenters. The van der Waals surface area contributed by atoms with Crippen LogP contribution in [0.3, 0.4) is 0 Å². The van der Waals surface area contributed by atoms with Crippen molar-refractivity contribution >= 4 is 0 Å². The van der Waals surface area contributed by atoms with Gasteiger partial charge in [0.15, 0.2) is 0 Å². The average molecular weight is 249 g/mol. The van der Waals surface area contributed by atoms with Gasteiger partial charge in [0.1, 0.15) is 5.82 Å². The lowest BCUT2D eigenvalue weighted by Crippen LogP contribution is -2.49. The van der Waals surface area contributed by atoms with Crippen LogP contribution in [0, 0.1) is 5.82 Å². The molecule has 1 aliphatic rings. The first-order valence-corrected chi connectivity index (χ1v) is 5.69. The minimum absolute atomic E-state index is 0.246. The van der Waals surface area contributed by atoms with Gasteiger partial charge in [0.25, 0.3) is 0 Å². The molecule has 0 atom stereocenters. The molecule has 0 amide bonds. The third-order valence-corrected chi connectivity index (χ3v) is 2.85. The molecule has 0 bridgehead atoms. The van der Waals surface area contributed by atoms with Gasteiger partial charge in [-0.15, -0.1) is 10.2 Å². The van der Waals surface area contributed by atoms with Crippen molar-refractivity contribution in [2.45, 2.75) is 12.6 Å². The second kappa shape index (κ2) is 4.47. The molecule has 3 rings (SSSR count). The zero-order valence-corrected chi connectivity index (χ0v) is 9.58. The van der Waals surface area contributed by atoms with Crippen molar-refractivity contribution in [3.63, 3.8) is 0 Å². The van der Waals surface area contributed by atoms with Gasteiger partial charge in [-0.2, -0.15) is 0 Å². The average Bonchev–Trinajstić information content (AvgIpc) is 2.77. The molecule has 94 valence electrons. The van der Waals surface area contributed by atoms with Crippen LogP contribution in [-0.2, 0) is 6.54 Å². The standard InChI is InChI=1S/C12H12FN3O2/c13-9-3-1-8(2-4-9)12-15-14-11(18-12)7-16-5-10(17)6-16/h1-4,10,17H,5-7H2. The molecule has 0 radical (unpaired) electrons. The number of nitrogens with zero attached hydrogens (tertiary/aromatic N) is 3. The maximum absolute atomic E-state index is 12.8. The van der Waals surface area contributed by atoms with Crippen molar-refractivity contribution in [2.75, 3.05) is 13.1 Å². The van der Waals surface area contributed by atoms with Gasteiger partial charge in [0, 0.05) is 18.7 Å². The predicted octanol–water partition coefficient (Wildman–Crippen LogP) is 1.05. The van der Waals surface area contributed by atoms with Gasteiger partial charge in [-0.05, 0) is 24.3 Å². The molecule has 1 N–H and O–H groups in total. The Morgan fingerprint density at radius 1 is 1.28 bits per heavy atom. The highest BCUT2D eigenvalue weighted by Gasteiger charge is 2.25. The fourth-order valence-electron chi connectivity index (χ4n) is 1.89. The second-order valence-electron chi connectivity index (χ2n) is 4.36. The molecule has 1 aliphatic heterocycles. The summed E-state index contributed by atoms with van der Waals surface area (Å²) < 4.78 is 18.3. The minimum atomic E-state index is -0.298. The molecule has 1 aromatic heterocycles. The van der Waals surface area contributed by atoms with E-state index in [9.17, 15) is 4.39 Å². The normalized spacial score (nSPS) is 16.8. The molecule has 0 spiro atoms. The predicted molar refractivity (Wildman–Crippen MR) is 61.0 cm³/mol. The zero-order valence-electron chi connectivity index (χ0n) is 9.58. The molecule has 1 aromatic carbocycles. The van der Waals surface area contributed by atoms with Crippen LogP contribution in [-0.4, -0.2) is 39.4 Å². The van der Waals surface area contributed by atoms with Gasteiger partial charge < -0.3 is 9.52 Å². The van der Waals surface area contributed by atoms with E-state index < -0.39 is 0 Å². The Bertz CT molecular complexity index is 535. The Morgan fingerprint density at radius 2 is 2.00 bits per heavy atom. The highest BCUT2D eigenvalue weighted by atomic mass is 19.1. The van der Waals surface area contributed by atoms with Gasteiger partial charge in [-0.3, -0.25) is 4.90 Å². The smallest absolute Gasteiger partial charge is 0.247 e. The third-order valence-electron chi connectivity index (χ3n) is 2.85. The second-order valence-corrected chi connectivity index (χ2v) is 4.36. The largest absolute Gasteiger partial charge is 0.419 e. The van der Waals surface area contributed by atoms with E-state index in [4.69, 9.17) is 9.52 Å². The SMILES string of the molecule is OC1CN(Cc2nnc(-c3ccc(F)cc3)o2)C1. The van der Waals surface area contributed by atoms with Crippen LogP contribution in [0.2, 0.25) is 0 Å². The molecule has 0 saturated carbocycles. The monoisotopic (exact) mass is 249 g/mol. The summed E-state index contributed by atoms with van der Waals surface area (Å²) in [6, 6.07) is 5.90. The molecule has 1 fully saturated rings. The number of aliphatic hydroxyl groups excluding tert-OH is 1. The topological polar surface area (TPSA) is 62.4 Å². The maximum atomic E-state index is 12.8. The van der Waals surface area contributed by atoms with Gasteiger partial charge >= 0.3 is 0 Å². The fourth-order valence-corrected chi connectivity index (χ4v) is 1.89. The first kappa shape index (κ1) is 11.3. The van der Waals surface area contributed by atoms with Gasteiger partial charge in [-0.25, -0.2) is 4.39 Å². The summed E-state index contributed by atoms with van der Waals surface area (Å²) in [6.07, 6.45) is -0.246. The number of likely N-dealkylation sites (tertiary alicyclic amines) is 1. The molecule has 2 heterocycles. The summed E-state index contributed by atoms with van der Waals surface area (Å²) in [7, 11) is 0. The summed E-state index contributed by atoms with van der Waals surface area (Å²) in [5.74, 6) is 0.584. The lowest BCUT2D eigenvalue weighted by atomic mass is 10.2. The Labute approximate surface area is 103 Å². The van der Waals surface area contributed by atoms with E-state index in [1.54, 1.807) is 12.1 Å². The molecule has 0 aliphatic carbocycles. The number of aliphatic hydroxyl groups is 1. The van der Waals surface area contributed by atoms with Crippen molar-refractivity contribution < 1.29 is 13.9 Å².